The highest BCUT2D eigenvalue weighted by Crippen LogP contribution is 2.50. The third-order valence-electron chi connectivity index (χ3n) is 16.5. The van der Waals surface area contributed by atoms with Crippen molar-refractivity contribution in [2.75, 3.05) is 33.0 Å². The van der Waals surface area contributed by atoms with Crippen LogP contribution in [-0.4, -0.2) is 258 Å². The Morgan fingerprint density at radius 3 is 1.78 bits per heavy atom. The van der Waals surface area contributed by atoms with Crippen LogP contribution in [0.25, 0.3) is 0 Å². The van der Waals surface area contributed by atoms with Gasteiger partial charge in [0.15, 0.2) is 18.9 Å². The summed E-state index contributed by atoms with van der Waals surface area (Å²) in [6.07, 6.45) is -26.0. The van der Waals surface area contributed by atoms with Gasteiger partial charge in [-0.05, 0) is 39.5 Å². The van der Waals surface area contributed by atoms with Gasteiger partial charge in [-0.1, -0.05) is 5.21 Å². The van der Waals surface area contributed by atoms with Gasteiger partial charge in [0, 0.05) is 61.2 Å². The second-order valence-electron chi connectivity index (χ2n) is 23.2. The fourth-order valence-electron chi connectivity index (χ4n) is 11.4. The number of rotatable bonds is 26. The van der Waals surface area contributed by atoms with Crippen LogP contribution in [0.5, 0.6) is 0 Å². The molecule has 1 saturated carbocycles. The summed E-state index contributed by atoms with van der Waals surface area (Å²) >= 11 is 0. The molecular weight excluding hydrogens is 1270 g/mol. The first-order valence-electron chi connectivity index (χ1n) is 29.1. The molecule has 9 rings (SSSR count). The molecule has 0 spiro atoms. The van der Waals surface area contributed by atoms with Crippen LogP contribution in [0.1, 0.15) is 61.4 Å². The van der Waals surface area contributed by atoms with Crippen molar-refractivity contribution in [2.45, 2.75) is 212 Å². The van der Waals surface area contributed by atoms with Gasteiger partial charge in [-0.15, -0.1) is 5.10 Å². The van der Waals surface area contributed by atoms with E-state index in [9.17, 15) is 78.9 Å². The Balaban J connectivity index is 0.755. The molecule has 8 heterocycles. The van der Waals surface area contributed by atoms with Gasteiger partial charge in [0.25, 0.3) is 11.1 Å². The van der Waals surface area contributed by atoms with Crippen molar-refractivity contribution in [1.29, 1.82) is 0 Å². The molecule has 91 heavy (non-hydrogen) atoms. The first kappa shape index (κ1) is 71.2. The van der Waals surface area contributed by atoms with Crippen molar-refractivity contribution in [3.8, 4) is 0 Å². The minimum Gasteiger partial charge on any atom is -0.394 e. The number of phosphoric acid groups is 2. The molecule has 27 atom stereocenters. The highest BCUT2D eigenvalue weighted by Gasteiger charge is 2.55. The van der Waals surface area contributed by atoms with Crippen LogP contribution >= 0.6 is 15.6 Å². The smallest absolute Gasteiger partial charge is 0.394 e. The van der Waals surface area contributed by atoms with E-state index >= 15 is 0 Å². The second-order valence-corrected chi connectivity index (χ2v) is 26.0. The SMILES string of the molecule is Cc1cn([C@H]2C[C@H](OP(=O)(O)OC[C@H]3O[C@@H](n4cc(C)c(=O)[nH]c4=O)C[C@@H]3O)[C@@H](COP(=O)(O)OCCCCc3cn(C[C@H]4O[C@H](O[C@H]5[C@H](O[C@@H]6O[C@H](CO)[C@@H](O[C@H]7O[C@@H](CN)[C@@H](O)[C@H](O)[C@H]7N)[C@H]6O)[C@@H](O)[C@H](N)C[C@@H]5N)[C@H](N)[C@@H](O)[C@@H]4O)nn3)O2)c(=O)[nH]c1=O. The summed E-state index contributed by atoms with van der Waals surface area (Å²) in [7, 11) is -10.0. The van der Waals surface area contributed by atoms with E-state index in [0.29, 0.717) is 12.1 Å². The van der Waals surface area contributed by atoms with E-state index in [0.717, 1.165) is 9.13 Å². The van der Waals surface area contributed by atoms with E-state index in [-0.39, 0.29) is 62.9 Å². The highest BCUT2D eigenvalue weighted by molar-refractivity contribution is 7.47. The zero-order valence-corrected chi connectivity index (χ0v) is 50.8. The van der Waals surface area contributed by atoms with Gasteiger partial charge < -0.3 is 117 Å². The van der Waals surface area contributed by atoms with Gasteiger partial charge in [-0.25, -0.2) is 23.4 Å². The molecule has 0 aromatic carbocycles. The molecule has 1 aliphatic carbocycles. The summed E-state index contributed by atoms with van der Waals surface area (Å²) in [6.45, 7) is -0.255. The number of aryl methyl sites for hydroxylation is 3. The Labute approximate surface area is 515 Å². The number of nitrogens with one attached hydrogen (secondary N) is 2. The first-order valence-corrected chi connectivity index (χ1v) is 32.1. The maximum Gasteiger partial charge on any atom is 0.472 e. The molecule has 0 bridgehead atoms. The van der Waals surface area contributed by atoms with E-state index in [1.165, 1.54) is 37.1 Å². The van der Waals surface area contributed by atoms with Crippen molar-refractivity contribution >= 4 is 15.6 Å². The van der Waals surface area contributed by atoms with E-state index in [1.807, 2.05) is 0 Å². The van der Waals surface area contributed by atoms with Crippen LogP contribution < -0.4 is 51.2 Å². The average Bonchev–Trinajstić information content (AvgIpc) is 1.90. The van der Waals surface area contributed by atoms with Crippen molar-refractivity contribution < 1.29 is 116 Å². The molecule has 2 unspecified atom stereocenters. The van der Waals surface area contributed by atoms with Crippen LogP contribution in [-0.2, 0) is 78.1 Å². The quantitative estimate of drug-likeness (QED) is 0.0262. The van der Waals surface area contributed by atoms with Gasteiger partial charge >= 0.3 is 27.0 Å². The van der Waals surface area contributed by atoms with Crippen LogP contribution in [0.2, 0.25) is 0 Å². The van der Waals surface area contributed by atoms with Gasteiger partial charge in [-0.2, -0.15) is 0 Å². The second kappa shape index (κ2) is 29.9. The highest BCUT2D eigenvalue weighted by atomic mass is 31.2. The summed E-state index contributed by atoms with van der Waals surface area (Å²) in [5.74, 6) is 0. The predicted octanol–water partition coefficient (Wildman–Crippen LogP) is -8.95. The molecule has 5 saturated heterocycles. The minimum absolute atomic E-state index is 0.0327. The molecule has 3 aromatic heterocycles. The number of aromatic amines is 2. The molecule has 3 aromatic rings. The van der Waals surface area contributed by atoms with Crippen LogP contribution in [0.4, 0.5) is 0 Å². The Bertz CT molecular complexity index is 3270. The molecule has 0 radical (unpaired) electrons. The number of H-pyrrole nitrogens is 2. The van der Waals surface area contributed by atoms with Crippen molar-refractivity contribution in [3.63, 3.8) is 0 Å². The lowest BCUT2D eigenvalue weighted by atomic mass is 9.84. The average molecular weight is 1350 g/mol. The number of aliphatic hydroxyl groups is 8. The lowest BCUT2D eigenvalue weighted by Crippen LogP contribution is -2.68. The predicted molar refractivity (Wildman–Crippen MR) is 300 cm³/mol. The summed E-state index contributed by atoms with van der Waals surface area (Å²) in [5.41, 5.74) is 28.4. The molecule has 5 aliphatic heterocycles. The van der Waals surface area contributed by atoms with Gasteiger partial charge in [0.05, 0.1) is 63.0 Å². The summed E-state index contributed by atoms with van der Waals surface area (Å²) in [6, 6.07) is -4.76. The largest absolute Gasteiger partial charge is 0.472 e. The van der Waals surface area contributed by atoms with Crippen molar-refractivity contribution in [3.05, 3.63) is 77.1 Å². The molecule has 6 fully saturated rings. The number of ether oxygens (including phenoxy) is 8. The fourth-order valence-corrected chi connectivity index (χ4v) is 13.1. The molecule has 42 heteroatoms. The van der Waals surface area contributed by atoms with Gasteiger partial charge in [-0.3, -0.25) is 46.8 Å². The number of phosphoric ester groups is 2. The molecule has 6 aliphatic rings. The van der Waals surface area contributed by atoms with Gasteiger partial charge in [0.2, 0.25) is 0 Å². The molecule has 40 nitrogen and oxygen atoms in total. The zero-order chi connectivity index (χ0) is 66.1. The normalized spacial score (nSPS) is 39.3. The lowest BCUT2D eigenvalue weighted by Gasteiger charge is -2.47. The zero-order valence-electron chi connectivity index (χ0n) is 49.0. The topological polar surface area (TPSA) is 618 Å². The fraction of sp³-hybridized carbons (Fsp3) is 0.796. The number of hydrogen-bond donors (Lipinski definition) is 17. The number of aliphatic hydroxyl groups excluding tert-OH is 8. The summed E-state index contributed by atoms with van der Waals surface area (Å²) in [5, 5.41) is 95.0. The van der Waals surface area contributed by atoms with E-state index < -0.39 is 211 Å². The number of nitrogens with zero attached hydrogens (tertiary/aromatic N) is 5. The van der Waals surface area contributed by atoms with Crippen molar-refractivity contribution in [2.24, 2.45) is 28.7 Å². The molecule has 22 N–H and O–H groups in total. The van der Waals surface area contributed by atoms with Crippen LogP contribution in [0.15, 0.2) is 37.8 Å². The maximum absolute atomic E-state index is 13.4. The van der Waals surface area contributed by atoms with E-state index in [1.54, 1.807) is 0 Å². The third kappa shape index (κ3) is 16.6. The van der Waals surface area contributed by atoms with Gasteiger partial charge in [0.1, 0.15) is 97.9 Å². The molecule has 0 amide bonds. The monoisotopic (exact) mass is 1350 g/mol. The number of nitrogens with two attached hydrogens (primary N) is 5. The number of unbranched alkanes of at least 4 members (excludes halogenated alkanes) is 1. The summed E-state index contributed by atoms with van der Waals surface area (Å²) in [4.78, 5) is 75.0. The molecular formula is C49H80N12O28P2. The Kier molecular flexibility index (Phi) is 23.4. The van der Waals surface area contributed by atoms with E-state index in [2.05, 4.69) is 20.3 Å². The first-order chi connectivity index (χ1) is 43.0. The summed E-state index contributed by atoms with van der Waals surface area (Å²) < 4.78 is 98.2. The Hall–Kier alpha value is -4.12. The lowest BCUT2D eigenvalue weighted by molar-refractivity contribution is -0.309. The van der Waals surface area contributed by atoms with Crippen LogP contribution in [0.3, 0.4) is 0 Å². The third-order valence-corrected chi connectivity index (χ3v) is 18.5. The van der Waals surface area contributed by atoms with Crippen LogP contribution in [0, 0.1) is 13.8 Å². The Morgan fingerprint density at radius 1 is 0.604 bits per heavy atom. The van der Waals surface area contributed by atoms with Crippen molar-refractivity contribution in [1.82, 2.24) is 34.1 Å². The number of hydrogen-bond acceptors (Lipinski definition) is 33. The standard InChI is InChI=1S/C49H80N12O28P2/c1-18-11-60(48(72)55-43(18)70)30-8-23(63)28(81-30)16-80-91(76,77)89-24-9-31(61-12-19(2)44(71)56-49(61)73)82-29(24)17-79-90(74,75)78-6-4-3-5-20-13-59(58-57-20)14-26-36(66)38(68)33(54)46(84-26)86-40-22(52)7-21(51)34(64)42(40)88-47-39(69)41(27(15-62)85-47)87-45-32(53)37(67)35(65)25(10-50)83-45/h11-13,21-42,45-47,62-69H,3-10,14-17,50-54H2,1-2H3,(H,74,75)(H,76,77)(H,55,70,72)(H,56,71,73)/t21-,22+,23+,24+,25+,26-,27-,28-,29-,30-,31-,32-,33-,34+,35-,36-,37-,38-,39-,40-,41-,42-,45-,46-,47+/m1/s1. The maximum atomic E-state index is 13.4. The molecule has 514 valence electrons. The minimum atomic E-state index is -5.13. The Morgan fingerprint density at radius 2 is 1.15 bits per heavy atom. The number of aromatic nitrogens is 7. The van der Waals surface area contributed by atoms with E-state index in [4.69, 9.17) is 84.7 Å².